The predicted molar refractivity (Wildman–Crippen MR) is 136 cm³/mol. The fraction of sp³-hybridized carbons (Fsp3) is 0.233. The summed E-state index contributed by atoms with van der Waals surface area (Å²) in [6.07, 6.45) is 0. The Morgan fingerprint density at radius 1 is 0.909 bits per heavy atom. The van der Waals surface area contributed by atoms with E-state index in [1.165, 1.54) is 23.4 Å². The van der Waals surface area contributed by atoms with Gasteiger partial charge < -0.3 is 4.74 Å². The van der Waals surface area contributed by atoms with Crippen LogP contribution in [0.25, 0.3) is 21.9 Å². The Kier molecular flexibility index (Phi) is 6.62. The van der Waals surface area contributed by atoms with Crippen molar-refractivity contribution in [1.29, 1.82) is 0 Å². The van der Waals surface area contributed by atoms with Crippen molar-refractivity contribution in [2.24, 2.45) is 0 Å². The second-order valence-electron chi connectivity index (χ2n) is 8.87. The van der Waals surface area contributed by atoms with Crippen molar-refractivity contribution in [3.63, 3.8) is 0 Å². The van der Waals surface area contributed by atoms with Gasteiger partial charge in [0.1, 0.15) is 5.75 Å². The number of benzene rings is 4. The quantitative estimate of drug-likeness (QED) is 0.235. The van der Waals surface area contributed by atoms with Crippen LogP contribution in [0.15, 0.2) is 78.9 Å². The summed E-state index contributed by atoms with van der Waals surface area (Å²) in [5.74, 6) is 0.314. The van der Waals surface area contributed by atoms with Crippen LogP contribution in [0, 0.1) is 13.8 Å². The van der Waals surface area contributed by atoms with E-state index in [-0.39, 0.29) is 12.0 Å². The molecule has 0 amide bonds. The van der Waals surface area contributed by atoms with Crippen LogP contribution in [0.2, 0.25) is 0 Å². The number of ether oxygens (including phenoxy) is 1. The van der Waals surface area contributed by atoms with Gasteiger partial charge in [-0.2, -0.15) is 0 Å². The molecule has 168 valence electrons. The molecule has 4 rings (SSSR count). The Labute approximate surface area is 196 Å². The number of aryl methyl sites for hydroxylation is 2. The fourth-order valence-electron chi connectivity index (χ4n) is 4.62. The van der Waals surface area contributed by atoms with Gasteiger partial charge in [-0.05, 0) is 72.5 Å². The summed E-state index contributed by atoms with van der Waals surface area (Å²) in [6.45, 7) is 8.58. The van der Waals surface area contributed by atoms with E-state index in [2.05, 4.69) is 92.5 Å². The molecule has 0 radical (unpaired) electrons. The summed E-state index contributed by atoms with van der Waals surface area (Å²) in [5.41, 5.74) is 6.79. The van der Waals surface area contributed by atoms with Gasteiger partial charge in [-0.1, -0.05) is 72.8 Å². The van der Waals surface area contributed by atoms with Gasteiger partial charge in [0, 0.05) is 25.1 Å². The lowest BCUT2D eigenvalue weighted by atomic mass is 9.89. The molecule has 0 bridgehead atoms. The number of carbonyl (C=O) groups excluding carboxylic acids is 1. The Balaban J connectivity index is 1.88. The monoisotopic (exact) mass is 437 g/mol. The van der Waals surface area contributed by atoms with Crippen LogP contribution in [0.1, 0.15) is 42.1 Å². The van der Waals surface area contributed by atoms with Crippen molar-refractivity contribution in [1.82, 2.24) is 4.90 Å². The Hall–Kier alpha value is -3.43. The molecule has 0 aliphatic heterocycles. The minimum atomic E-state index is -0.308. The molecule has 1 atom stereocenters. The van der Waals surface area contributed by atoms with E-state index < -0.39 is 0 Å². The molecule has 0 unspecified atom stereocenters. The van der Waals surface area contributed by atoms with Crippen LogP contribution < -0.4 is 4.74 Å². The SMILES string of the molecule is CC(=O)Oc1cc(C)cc(C)c1-c1c(CN(C)[C@H](C)c2ccccc2)ccc2ccccc12. The van der Waals surface area contributed by atoms with Crippen molar-refractivity contribution >= 4 is 16.7 Å². The second kappa shape index (κ2) is 9.60. The summed E-state index contributed by atoms with van der Waals surface area (Å²) in [7, 11) is 2.16. The molecule has 3 heteroatoms. The van der Waals surface area contributed by atoms with E-state index in [9.17, 15) is 4.79 Å². The number of hydrogen-bond donors (Lipinski definition) is 0. The van der Waals surface area contributed by atoms with Crippen molar-refractivity contribution in [3.05, 3.63) is 101 Å². The summed E-state index contributed by atoms with van der Waals surface area (Å²) in [4.78, 5) is 14.3. The number of hydrogen-bond acceptors (Lipinski definition) is 3. The van der Waals surface area contributed by atoms with Crippen LogP contribution in [0.4, 0.5) is 0 Å². The first-order chi connectivity index (χ1) is 15.8. The molecule has 0 heterocycles. The fourth-order valence-corrected chi connectivity index (χ4v) is 4.62. The topological polar surface area (TPSA) is 29.5 Å². The third-order valence-electron chi connectivity index (χ3n) is 6.33. The molecule has 0 aliphatic rings. The number of esters is 1. The minimum absolute atomic E-state index is 0.262. The van der Waals surface area contributed by atoms with Crippen molar-refractivity contribution in [2.75, 3.05) is 7.05 Å². The zero-order valence-electron chi connectivity index (χ0n) is 20.1. The maximum absolute atomic E-state index is 12.0. The smallest absolute Gasteiger partial charge is 0.308 e. The first kappa shape index (κ1) is 22.8. The molecule has 0 fully saturated rings. The van der Waals surface area contributed by atoms with E-state index in [0.29, 0.717) is 5.75 Å². The predicted octanol–water partition coefficient (Wildman–Crippen LogP) is 7.24. The molecule has 0 saturated carbocycles. The third-order valence-corrected chi connectivity index (χ3v) is 6.33. The zero-order chi connectivity index (χ0) is 23.5. The molecule has 0 spiro atoms. The maximum Gasteiger partial charge on any atom is 0.308 e. The van der Waals surface area contributed by atoms with Gasteiger partial charge in [0.05, 0.1) is 0 Å². The Bertz CT molecular complexity index is 1290. The molecule has 4 aromatic carbocycles. The molecular formula is C30H31NO2. The van der Waals surface area contributed by atoms with E-state index in [1.807, 2.05) is 19.1 Å². The van der Waals surface area contributed by atoms with Crippen molar-refractivity contribution in [3.8, 4) is 16.9 Å². The molecule has 0 aromatic heterocycles. The molecule has 33 heavy (non-hydrogen) atoms. The number of fused-ring (bicyclic) bond motifs is 1. The highest BCUT2D eigenvalue weighted by Gasteiger charge is 2.21. The summed E-state index contributed by atoms with van der Waals surface area (Å²) in [6, 6.07) is 27.8. The van der Waals surface area contributed by atoms with Crippen LogP contribution in [-0.4, -0.2) is 17.9 Å². The molecule has 0 saturated heterocycles. The Morgan fingerprint density at radius 2 is 1.61 bits per heavy atom. The third kappa shape index (κ3) is 4.84. The van der Waals surface area contributed by atoms with Crippen molar-refractivity contribution in [2.45, 2.75) is 40.3 Å². The molecule has 3 nitrogen and oxygen atoms in total. The number of rotatable bonds is 6. The molecule has 0 N–H and O–H groups in total. The average Bonchev–Trinajstić information content (AvgIpc) is 2.79. The second-order valence-corrected chi connectivity index (χ2v) is 8.87. The summed E-state index contributed by atoms with van der Waals surface area (Å²) in [5, 5.41) is 2.33. The summed E-state index contributed by atoms with van der Waals surface area (Å²) >= 11 is 0. The minimum Gasteiger partial charge on any atom is -0.426 e. The molecular weight excluding hydrogens is 406 g/mol. The lowest BCUT2D eigenvalue weighted by molar-refractivity contribution is -0.131. The highest BCUT2D eigenvalue weighted by Crippen LogP contribution is 2.41. The van der Waals surface area contributed by atoms with Crippen LogP contribution >= 0.6 is 0 Å². The van der Waals surface area contributed by atoms with E-state index in [1.54, 1.807) is 0 Å². The Morgan fingerprint density at radius 3 is 2.33 bits per heavy atom. The highest BCUT2D eigenvalue weighted by atomic mass is 16.5. The normalized spacial score (nSPS) is 12.2. The van der Waals surface area contributed by atoms with Crippen LogP contribution in [0.5, 0.6) is 5.75 Å². The van der Waals surface area contributed by atoms with Gasteiger partial charge in [-0.3, -0.25) is 9.69 Å². The summed E-state index contributed by atoms with van der Waals surface area (Å²) < 4.78 is 5.73. The van der Waals surface area contributed by atoms with Gasteiger partial charge in [-0.15, -0.1) is 0 Å². The van der Waals surface area contributed by atoms with E-state index in [4.69, 9.17) is 4.74 Å². The van der Waals surface area contributed by atoms with Gasteiger partial charge in [0.15, 0.2) is 0 Å². The molecule has 4 aromatic rings. The first-order valence-electron chi connectivity index (χ1n) is 11.4. The van der Waals surface area contributed by atoms with Gasteiger partial charge >= 0.3 is 5.97 Å². The lowest BCUT2D eigenvalue weighted by Crippen LogP contribution is -2.22. The van der Waals surface area contributed by atoms with E-state index >= 15 is 0 Å². The van der Waals surface area contributed by atoms with Gasteiger partial charge in [-0.25, -0.2) is 0 Å². The number of carbonyl (C=O) groups is 1. The highest BCUT2D eigenvalue weighted by molar-refractivity contribution is 6.01. The lowest BCUT2D eigenvalue weighted by Gasteiger charge is -2.27. The average molecular weight is 438 g/mol. The van der Waals surface area contributed by atoms with Crippen LogP contribution in [-0.2, 0) is 11.3 Å². The molecule has 0 aliphatic carbocycles. The van der Waals surface area contributed by atoms with Crippen LogP contribution in [0.3, 0.4) is 0 Å². The maximum atomic E-state index is 12.0. The van der Waals surface area contributed by atoms with E-state index in [0.717, 1.165) is 34.2 Å². The standard InChI is InChI=1S/C30H31NO2/c1-20-17-21(2)29(28(18-20)33-23(4)32)30-26(16-15-25-13-9-10-14-27(25)30)19-31(5)22(3)24-11-7-6-8-12-24/h6-18,22H,19H2,1-5H3/t22-/m1/s1. The number of nitrogens with zero attached hydrogens (tertiary/aromatic N) is 1. The van der Waals surface area contributed by atoms with Gasteiger partial charge in [0.25, 0.3) is 0 Å². The largest absolute Gasteiger partial charge is 0.426 e. The van der Waals surface area contributed by atoms with Gasteiger partial charge in [0.2, 0.25) is 0 Å². The van der Waals surface area contributed by atoms with Crippen molar-refractivity contribution < 1.29 is 9.53 Å². The zero-order valence-corrected chi connectivity index (χ0v) is 20.1. The first-order valence-corrected chi connectivity index (χ1v) is 11.4.